The third-order valence-electron chi connectivity index (χ3n) is 4.09. The number of aliphatic hydroxyl groups is 1. The van der Waals surface area contributed by atoms with E-state index in [-0.39, 0.29) is 6.10 Å². The van der Waals surface area contributed by atoms with Gasteiger partial charge in [-0.15, -0.1) is 0 Å². The first-order valence-corrected chi connectivity index (χ1v) is 7.84. The Hall–Kier alpha value is -0.770. The first kappa shape index (κ1) is 14.2. The lowest BCUT2D eigenvalue weighted by molar-refractivity contribution is -0.0148. The summed E-state index contributed by atoms with van der Waals surface area (Å²) in [5.74, 6) is 0.929. The number of ether oxygens (including phenoxy) is 2. The van der Waals surface area contributed by atoms with Crippen LogP contribution in [0.2, 0.25) is 5.02 Å². The molecule has 0 amide bonds. The van der Waals surface area contributed by atoms with Crippen LogP contribution in [0.1, 0.15) is 36.8 Å². The number of hydrogen-bond donors (Lipinski definition) is 1. The maximum atomic E-state index is 10.3. The molecule has 1 aromatic rings. The van der Waals surface area contributed by atoms with Crippen molar-refractivity contribution in [2.45, 2.75) is 50.7 Å². The molecule has 0 aromatic heterocycles. The van der Waals surface area contributed by atoms with Gasteiger partial charge in [0.1, 0.15) is 5.75 Å². The fourth-order valence-electron chi connectivity index (χ4n) is 3.13. The molecule has 2 unspecified atom stereocenters. The molecule has 0 bridgehead atoms. The van der Waals surface area contributed by atoms with Gasteiger partial charge in [-0.25, -0.2) is 0 Å². The van der Waals surface area contributed by atoms with E-state index in [1.807, 2.05) is 12.1 Å². The van der Waals surface area contributed by atoms with E-state index in [9.17, 15) is 5.11 Å². The molecule has 4 heteroatoms. The summed E-state index contributed by atoms with van der Waals surface area (Å²) in [4.78, 5) is 0. The van der Waals surface area contributed by atoms with Crippen LogP contribution in [0, 0.1) is 0 Å². The van der Waals surface area contributed by atoms with E-state index in [0.717, 1.165) is 47.8 Å². The first-order chi connectivity index (χ1) is 9.72. The maximum Gasteiger partial charge on any atom is 0.126 e. The molecule has 0 aliphatic carbocycles. The molecule has 3 rings (SSSR count). The molecule has 2 aliphatic heterocycles. The van der Waals surface area contributed by atoms with Crippen LogP contribution in [0.15, 0.2) is 12.1 Å². The third-order valence-corrected chi connectivity index (χ3v) is 4.31. The van der Waals surface area contributed by atoms with E-state index in [4.69, 9.17) is 21.1 Å². The number of benzene rings is 1. The van der Waals surface area contributed by atoms with Crippen LogP contribution in [0.5, 0.6) is 5.75 Å². The summed E-state index contributed by atoms with van der Waals surface area (Å²) in [7, 11) is 0. The minimum atomic E-state index is -0.398. The Morgan fingerprint density at radius 3 is 3.00 bits per heavy atom. The van der Waals surface area contributed by atoms with Crippen molar-refractivity contribution in [1.82, 2.24) is 0 Å². The predicted octanol–water partition coefficient (Wildman–Crippen LogP) is 3.14. The second-order valence-corrected chi connectivity index (χ2v) is 6.17. The molecule has 1 fully saturated rings. The van der Waals surface area contributed by atoms with E-state index < -0.39 is 6.10 Å². The Kier molecular flexibility index (Phi) is 4.49. The second-order valence-electron chi connectivity index (χ2n) is 5.73. The Bertz CT molecular complexity index is 469. The molecule has 0 saturated carbocycles. The number of rotatable bonds is 4. The van der Waals surface area contributed by atoms with Crippen LogP contribution in [0.25, 0.3) is 0 Å². The van der Waals surface area contributed by atoms with E-state index in [1.54, 1.807) is 0 Å². The van der Waals surface area contributed by atoms with Crippen molar-refractivity contribution >= 4 is 11.6 Å². The molecule has 1 aromatic carbocycles. The molecule has 1 N–H and O–H groups in total. The van der Waals surface area contributed by atoms with Gasteiger partial charge in [-0.1, -0.05) is 11.6 Å². The van der Waals surface area contributed by atoms with Crippen LogP contribution in [0.3, 0.4) is 0 Å². The summed E-state index contributed by atoms with van der Waals surface area (Å²) >= 11 is 6.14. The quantitative estimate of drug-likeness (QED) is 0.928. The molecule has 3 nitrogen and oxygen atoms in total. The predicted molar refractivity (Wildman–Crippen MR) is 78.6 cm³/mol. The number of halogens is 1. The third kappa shape index (κ3) is 3.27. The van der Waals surface area contributed by atoms with Crippen molar-refractivity contribution in [3.05, 3.63) is 28.3 Å². The maximum absolute atomic E-state index is 10.3. The van der Waals surface area contributed by atoms with Crippen molar-refractivity contribution in [3.63, 3.8) is 0 Å². The fourth-order valence-corrected chi connectivity index (χ4v) is 3.40. The van der Waals surface area contributed by atoms with Crippen LogP contribution in [-0.4, -0.2) is 30.5 Å². The highest BCUT2D eigenvalue weighted by Gasteiger charge is 2.22. The van der Waals surface area contributed by atoms with Gasteiger partial charge in [0.25, 0.3) is 0 Å². The van der Waals surface area contributed by atoms with Gasteiger partial charge < -0.3 is 14.6 Å². The molecule has 20 heavy (non-hydrogen) atoms. The summed E-state index contributed by atoms with van der Waals surface area (Å²) in [6.07, 6.45) is 5.39. The molecule has 0 radical (unpaired) electrons. The number of aliphatic hydroxyl groups excluding tert-OH is 1. The molecule has 2 atom stereocenters. The highest BCUT2D eigenvalue weighted by atomic mass is 35.5. The van der Waals surface area contributed by atoms with Crippen molar-refractivity contribution in [3.8, 4) is 5.75 Å². The van der Waals surface area contributed by atoms with E-state index in [2.05, 4.69) is 0 Å². The SMILES string of the molecule is OC(Cc1cc(Cl)cc2c1OCC2)CC1CCCCO1. The van der Waals surface area contributed by atoms with Crippen molar-refractivity contribution < 1.29 is 14.6 Å². The number of fused-ring (bicyclic) bond motifs is 1. The lowest BCUT2D eigenvalue weighted by Gasteiger charge is -2.25. The van der Waals surface area contributed by atoms with Crippen LogP contribution in [-0.2, 0) is 17.6 Å². The van der Waals surface area contributed by atoms with Crippen LogP contribution < -0.4 is 4.74 Å². The highest BCUT2D eigenvalue weighted by Crippen LogP contribution is 2.34. The van der Waals surface area contributed by atoms with Gasteiger partial charge in [0.05, 0.1) is 18.8 Å². The molecule has 2 aliphatic rings. The van der Waals surface area contributed by atoms with Crippen molar-refractivity contribution in [2.24, 2.45) is 0 Å². The monoisotopic (exact) mass is 296 g/mol. The van der Waals surface area contributed by atoms with Crippen LogP contribution in [0.4, 0.5) is 0 Å². The zero-order valence-corrected chi connectivity index (χ0v) is 12.4. The molecular formula is C16H21ClO3. The van der Waals surface area contributed by atoms with Gasteiger partial charge in [0.15, 0.2) is 0 Å². The Morgan fingerprint density at radius 1 is 1.30 bits per heavy atom. The fraction of sp³-hybridized carbons (Fsp3) is 0.625. The Balaban J connectivity index is 1.65. The van der Waals surface area contributed by atoms with Gasteiger partial charge in [-0.3, -0.25) is 0 Å². The summed E-state index contributed by atoms with van der Waals surface area (Å²) in [5.41, 5.74) is 2.18. The van der Waals surface area contributed by atoms with Gasteiger partial charge in [-0.2, -0.15) is 0 Å². The van der Waals surface area contributed by atoms with E-state index in [0.29, 0.717) is 19.4 Å². The van der Waals surface area contributed by atoms with Crippen molar-refractivity contribution in [2.75, 3.05) is 13.2 Å². The standard InChI is InChI=1S/C16H21ClO3/c17-13-7-11-4-6-20-16(11)12(8-13)9-14(18)10-15-3-1-2-5-19-15/h7-8,14-15,18H,1-6,9-10H2. The molecule has 2 heterocycles. The molecule has 110 valence electrons. The summed E-state index contributed by atoms with van der Waals surface area (Å²) in [5, 5.41) is 11.0. The first-order valence-electron chi connectivity index (χ1n) is 7.46. The van der Waals surface area contributed by atoms with Gasteiger partial charge in [-0.05, 0) is 48.9 Å². The molecular weight excluding hydrogens is 276 g/mol. The lowest BCUT2D eigenvalue weighted by atomic mass is 9.97. The highest BCUT2D eigenvalue weighted by molar-refractivity contribution is 6.30. The largest absolute Gasteiger partial charge is 0.493 e. The molecule has 0 spiro atoms. The zero-order chi connectivity index (χ0) is 13.9. The van der Waals surface area contributed by atoms with Gasteiger partial charge in [0, 0.05) is 24.5 Å². The van der Waals surface area contributed by atoms with Crippen LogP contribution >= 0.6 is 11.6 Å². The van der Waals surface area contributed by atoms with E-state index in [1.165, 1.54) is 6.42 Å². The summed E-state index contributed by atoms with van der Waals surface area (Å²) in [6, 6.07) is 3.88. The topological polar surface area (TPSA) is 38.7 Å². The smallest absolute Gasteiger partial charge is 0.126 e. The van der Waals surface area contributed by atoms with E-state index >= 15 is 0 Å². The normalized spacial score (nSPS) is 23.2. The average molecular weight is 297 g/mol. The minimum absolute atomic E-state index is 0.201. The average Bonchev–Trinajstić information content (AvgIpc) is 2.88. The van der Waals surface area contributed by atoms with Gasteiger partial charge >= 0.3 is 0 Å². The Morgan fingerprint density at radius 2 is 2.20 bits per heavy atom. The summed E-state index contributed by atoms with van der Waals surface area (Å²) < 4.78 is 11.4. The van der Waals surface area contributed by atoms with Crippen molar-refractivity contribution in [1.29, 1.82) is 0 Å². The second kappa shape index (κ2) is 6.33. The Labute approximate surface area is 124 Å². The minimum Gasteiger partial charge on any atom is -0.493 e. The molecule has 1 saturated heterocycles. The van der Waals surface area contributed by atoms with Gasteiger partial charge in [0.2, 0.25) is 0 Å². The zero-order valence-electron chi connectivity index (χ0n) is 11.6. The summed E-state index contributed by atoms with van der Waals surface area (Å²) in [6.45, 7) is 1.54. The lowest BCUT2D eigenvalue weighted by Crippen LogP contribution is -2.25. The number of hydrogen-bond acceptors (Lipinski definition) is 3.